The van der Waals surface area contributed by atoms with Crippen molar-refractivity contribution in [3.05, 3.63) is 0 Å². The van der Waals surface area contributed by atoms with E-state index in [1.807, 2.05) is 0 Å². The van der Waals surface area contributed by atoms with Crippen LogP contribution in [-0.2, 0) is 28.5 Å². The van der Waals surface area contributed by atoms with Crippen LogP contribution in [0.25, 0.3) is 0 Å². The summed E-state index contributed by atoms with van der Waals surface area (Å²) in [7, 11) is 2.57. The van der Waals surface area contributed by atoms with Gasteiger partial charge in [-0.3, -0.25) is 4.79 Å². The molecule has 1 saturated heterocycles. The van der Waals surface area contributed by atoms with Crippen molar-refractivity contribution in [1.82, 2.24) is 5.32 Å². The number of methoxy groups -OCH3 is 2. The zero-order chi connectivity index (χ0) is 20.1. The minimum Gasteiger partial charge on any atom is -0.391 e. The van der Waals surface area contributed by atoms with Gasteiger partial charge in [0.25, 0.3) is 0 Å². The SMILES string of the molecule is CO[C@H](C=O)[C@@H](O[C@@H]1O[C@@H](C)[C@H](NC=O)[C@@](C)(O)[C@H]1OC)[C@H](O)[C@@H](C)O. The van der Waals surface area contributed by atoms with Gasteiger partial charge in [-0.1, -0.05) is 0 Å². The van der Waals surface area contributed by atoms with Crippen molar-refractivity contribution >= 4 is 12.7 Å². The van der Waals surface area contributed by atoms with E-state index in [2.05, 4.69) is 5.32 Å². The van der Waals surface area contributed by atoms with Crippen LogP contribution in [0.1, 0.15) is 20.8 Å². The number of carbonyl (C=O) groups is 2. The predicted molar refractivity (Wildman–Crippen MR) is 88.2 cm³/mol. The van der Waals surface area contributed by atoms with E-state index in [0.29, 0.717) is 12.7 Å². The van der Waals surface area contributed by atoms with Crippen LogP contribution in [0.2, 0.25) is 0 Å². The quantitative estimate of drug-likeness (QED) is 0.315. The molecule has 1 rings (SSSR count). The predicted octanol–water partition coefficient (Wildman–Crippen LogP) is -2.05. The van der Waals surface area contributed by atoms with Crippen molar-refractivity contribution in [1.29, 1.82) is 0 Å². The molecule has 10 nitrogen and oxygen atoms in total. The molecule has 0 aromatic carbocycles. The van der Waals surface area contributed by atoms with Crippen LogP contribution >= 0.6 is 0 Å². The summed E-state index contributed by atoms with van der Waals surface area (Å²) in [4.78, 5) is 22.1. The maximum Gasteiger partial charge on any atom is 0.207 e. The molecule has 1 fully saturated rings. The highest BCUT2D eigenvalue weighted by Gasteiger charge is 2.54. The van der Waals surface area contributed by atoms with Gasteiger partial charge in [-0.05, 0) is 20.8 Å². The third-order valence-electron chi connectivity index (χ3n) is 4.62. The second-order valence-electron chi connectivity index (χ2n) is 6.52. The highest BCUT2D eigenvalue weighted by atomic mass is 16.7. The third-order valence-corrected chi connectivity index (χ3v) is 4.62. The second kappa shape index (κ2) is 9.70. The maximum absolute atomic E-state index is 11.3. The fourth-order valence-corrected chi connectivity index (χ4v) is 3.17. The van der Waals surface area contributed by atoms with E-state index in [0.717, 1.165) is 0 Å². The Balaban J connectivity index is 3.13. The average molecular weight is 379 g/mol. The summed E-state index contributed by atoms with van der Waals surface area (Å²) >= 11 is 0. The van der Waals surface area contributed by atoms with Crippen LogP contribution in [0.4, 0.5) is 0 Å². The summed E-state index contributed by atoms with van der Waals surface area (Å²) in [6.45, 7) is 4.40. The van der Waals surface area contributed by atoms with Crippen molar-refractivity contribution < 1.29 is 43.9 Å². The number of hydrogen-bond acceptors (Lipinski definition) is 9. The normalized spacial score (nSPS) is 36.6. The molecule has 0 aromatic rings. The van der Waals surface area contributed by atoms with Gasteiger partial charge in [0.15, 0.2) is 12.6 Å². The summed E-state index contributed by atoms with van der Waals surface area (Å²) in [6, 6.07) is -0.783. The van der Waals surface area contributed by atoms with Crippen LogP contribution in [0, 0.1) is 0 Å². The highest BCUT2D eigenvalue weighted by Crippen LogP contribution is 2.33. The van der Waals surface area contributed by atoms with E-state index in [1.54, 1.807) is 6.92 Å². The Bertz CT molecular complexity index is 459. The molecule has 4 N–H and O–H groups in total. The van der Waals surface area contributed by atoms with Gasteiger partial charge in [-0.15, -0.1) is 0 Å². The molecule has 26 heavy (non-hydrogen) atoms. The standard InChI is InChI=1S/C16H29NO9/c1-8(20)11(21)12(10(6-18)23-4)26-15-14(24-5)16(3,22)13(17-7-19)9(2)25-15/h6-15,20-22H,1-5H3,(H,17,19)/t8-,9+,10-,11-,12-,13+,14+,15+,16-/m1/s1. The molecule has 0 radical (unpaired) electrons. The van der Waals surface area contributed by atoms with E-state index < -0.39 is 54.6 Å². The Kier molecular flexibility index (Phi) is 8.54. The van der Waals surface area contributed by atoms with Gasteiger partial charge in [0.1, 0.15) is 30.0 Å². The number of rotatable bonds is 10. The molecule has 10 heteroatoms. The molecule has 1 amide bonds. The maximum atomic E-state index is 11.3. The lowest BCUT2D eigenvalue weighted by Gasteiger charge is -2.49. The number of aliphatic hydroxyl groups is 3. The fourth-order valence-electron chi connectivity index (χ4n) is 3.17. The number of nitrogens with one attached hydrogen (secondary N) is 1. The number of carbonyl (C=O) groups excluding carboxylic acids is 2. The lowest BCUT2D eigenvalue weighted by molar-refractivity contribution is -0.326. The summed E-state index contributed by atoms with van der Waals surface area (Å²) in [5.41, 5.74) is -1.58. The molecule has 0 saturated carbocycles. The van der Waals surface area contributed by atoms with E-state index in [1.165, 1.54) is 28.1 Å². The first-order valence-corrected chi connectivity index (χ1v) is 8.25. The van der Waals surface area contributed by atoms with Gasteiger partial charge < -0.3 is 44.4 Å². The zero-order valence-corrected chi connectivity index (χ0v) is 15.6. The van der Waals surface area contributed by atoms with Crippen LogP contribution < -0.4 is 5.32 Å². The molecule has 0 bridgehead atoms. The largest absolute Gasteiger partial charge is 0.391 e. The van der Waals surface area contributed by atoms with Crippen molar-refractivity contribution in [2.24, 2.45) is 0 Å². The Morgan fingerprint density at radius 2 is 1.88 bits per heavy atom. The van der Waals surface area contributed by atoms with Crippen molar-refractivity contribution in [3.8, 4) is 0 Å². The summed E-state index contributed by atoms with van der Waals surface area (Å²) in [5.74, 6) is 0. The molecule has 152 valence electrons. The third kappa shape index (κ3) is 4.77. The number of hydrogen-bond donors (Lipinski definition) is 4. The van der Waals surface area contributed by atoms with Crippen LogP contribution in [0.15, 0.2) is 0 Å². The topological polar surface area (TPSA) is 144 Å². The molecule has 0 aliphatic carbocycles. The van der Waals surface area contributed by atoms with Crippen molar-refractivity contribution in [2.45, 2.75) is 75.3 Å². The van der Waals surface area contributed by atoms with Crippen LogP contribution in [-0.4, -0.2) is 96.8 Å². The number of aldehydes is 1. The summed E-state index contributed by atoms with van der Waals surface area (Å²) in [5, 5.41) is 33.2. The van der Waals surface area contributed by atoms with Gasteiger partial charge in [0, 0.05) is 14.2 Å². The molecule has 0 spiro atoms. The van der Waals surface area contributed by atoms with Crippen molar-refractivity contribution in [3.63, 3.8) is 0 Å². The molecule has 0 aromatic heterocycles. The Morgan fingerprint density at radius 1 is 1.27 bits per heavy atom. The Hall–Kier alpha value is -1.14. The lowest BCUT2D eigenvalue weighted by Crippen LogP contribution is -2.70. The first-order chi connectivity index (χ1) is 12.1. The molecule has 1 aliphatic rings. The van der Waals surface area contributed by atoms with Gasteiger partial charge in [-0.2, -0.15) is 0 Å². The molecular weight excluding hydrogens is 350 g/mol. The minimum absolute atomic E-state index is 0.430. The number of amides is 1. The highest BCUT2D eigenvalue weighted by molar-refractivity contribution is 5.57. The van der Waals surface area contributed by atoms with Gasteiger partial charge >= 0.3 is 0 Å². The number of aliphatic hydroxyl groups excluding tert-OH is 2. The van der Waals surface area contributed by atoms with Gasteiger partial charge in [0.05, 0.1) is 18.2 Å². The number of ether oxygens (including phenoxy) is 4. The minimum atomic E-state index is -1.58. The van der Waals surface area contributed by atoms with Gasteiger partial charge in [0.2, 0.25) is 6.41 Å². The van der Waals surface area contributed by atoms with E-state index in [4.69, 9.17) is 18.9 Å². The molecule has 1 aliphatic heterocycles. The average Bonchev–Trinajstić information content (AvgIpc) is 2.57. The van der Waals surface area contributed by atoms with Gasteiger partial charge in [-0.25, -0.2) is 0 Å². The van der Waals surface area contributed by atoms with E-state index in [-0.39, 0.29) is 0 Å². The second-order valence-corrected chi connectivity index (χ2v) is 6.52. The Morgan fingerprint density at radius 3 is 2.31 bits per heavy atom. The molecule has 9 atom stereocenters. The Labute approximate surface area is 152 Å². The summed E-state index contributed by atoms with van der Waals surface area (Å²) in [6.07, 6.45) is -7.21. The van der Waals surface area contributed by atoms with Crippen molar-refractivity contribution in [2.75, 3.05) is 14.2 Å². The zero-order valence-electron chi connectivity index (χ0n) is 15.6. The molecular formula is C16H29NO9. The molecule has 0 unspecified atom stereocenters. The first kappa shape index (κ1) is 22.9. The fraction of sp³-hybridized carbons (Fsp3) is 0.875. The molecule has 1 heterocycles. The summed E-state index contributed by atoms with van der Waals surface area (Å²) < 4.78 is 21.7. The monoisotopic (exact) mass is 379 g/mol. The lowest BCUT2D eigenvalue weighted by atomic mass is 9.84. The van der Waals surface area contributed by atoms with Crippen LogP contribution in [0.5, 0.6) is 0 Å². The first-order valence-electron chi connectivity index (χ1n) is 8.25. The smallest absolute Gasteiger partial charge is 0.207 e. The van der Waals surface area contributed by atoms with E-state index in [9.17, 15) is 24.9 Å². The van der Waals surface area contributed by atoms with E-state index >= 15 is 0 Å². The van der Waals surface area contributed by atoms with Crippen LogP contribution in [0.3, 0.4) is 0 Å².